The van der Waals surface area contributed by atoms with Crippen LogP contribution in [0.15, 0.2) is 48.5 Å². The molecule has 2 aromatic rings. The van der Waals surface area contributed by atoms with Crippen LogP contribution in [-0.4, -0.2) is 24.2 Å². The van der Waals surface area contributed by atoms with Crippen LogP contribution in [0.5, 0.6) is 0 Å². The zero-order chi connectivity index (χ0) is 15.2. The van der Waals surface area contributed by atoms with Crippen LogP contribution in [0.4, 0.5) is 0 Å². The van der Waals surface area contributed by atoms with Gasteiger partial charge in [-0.2, -0.15) is 0 Å². The van der Waals surface area contributed by atoms with Gasteiger partial charge in [0.25, 0.3) is 0 Å². The highest BCUT2D eigenvalue weighted by molar-refractivity contribution is 5.89. The van der Waals surface area contributed by atoms with Gasteiger partial charge in [0, 0.05) is 0 Å². The molecule has 108 valence electrons. The molecule has 0 amide bonds. The van der Waals surface area contributed by atoms with Gasteiger partial charge in [-0.3, -0.25) is 4.79 Å². The Hall–Kier alpha value is -2.62. The number of aromatic carboxylic acids is 1. The fraction of sp³-hybridized carbons (Fsp3) is 0.176. The van der Waals surface area contributed by atoms with Gasteiger partial charge in [0.05, 0.1) is 19.1 Å². The fourth-order valence-electron chi connectivity index (χ4n) is 2.22. The largest absolute Gasteiger partial charge is 0.478 e. The van der Waals surface area contributed by atoms with E-state index in [4.69, 9.17) is 0 Å². The summed E-state index contributed by atoms with van der Waals surface area (Å²) in [5.74, 6) is -1.26. The molecule has 0 aliphatic carbocycles. The molecule has 0 atom stereocenters. The third-order valence-corrected chi connectivity index (χ3v) is 3.31. The van der Waals surface area contributed by atoms with Gasteiger partial charge in [-0.05, 0) is 29.2 Å². The first-order valence-corrected chi connectivity index (χ1v) is 6.56. The molecule has 0 saturated carbocycles. The molecule has 0 saturated heterocycles. The molecule has 0 bridgehead atoms. The molecule has 0 aliphatic heterocycles. The van der Waals surface area contributed by atoms with E-state index in [9.17, 15) is 14.7 Å². The van der Waals surface area contributed by atoms with Crippen LogP contribution in [0.1, 0.15) is 27.0 Å². The number of benzene rings is 2. The van der Waals surface area contributed by atoms with Crippen LogP contribution >= 0.6 is 0 Å². The predicted molar refractivity (Wildman–Crippen MR) is 78.4 cm³/mol. The lowest BCUT2D eigenvalue weighted by molar-refractivity contribution is -0.139. The minimum atomic E-state index is -0.948. The normalized spacial score (nSPS) is 10.1. The molecule has 1 N–H and O–H groups in total. The van der Waals surface area contributed by atoms with Crippen molar-refractivity contribution < 1.29 is 19.4 Å². The molecule has 0 aromatic heterocycles. The maximum atomic E-state index is 11.4. The summed E-state index contributed by atoms with van der Waals surface area (Å²) in [6, 6.07) is 14.4. The quantitative estimate of drug-likeness (QED) is 0.857. The molecule has 2 rings (SSSR count). The summed E-state index contributed by atoms with van der Waals surface area (Å²) in [6.45, 7) is 0. The third kappa shape index (κ3) is 3.69. The molecule has 21 heavy (non-hydrogen) atoms. The van der Waals surface area contributed by atoms with E-state index in [0.29, 0.717) is 6.42 Å². The number of hydrogen-bond acceptors (Lipinski definition) is 3. The van der Waals surface area contributed by atoms with E-state index in [-0.39, 0.29) is 18.0 Å². The van der Waals surface area contributed by atoms with E-state index >= 15 is 0 Å². The maximum absolute atomic E-state index is 11.4. The summed E-state index contributed by atoms with van der Waals surface area (Å²) < 4.78 is 4.69. The van der Waals surface area contributed by atoms with Gasteiger partial charge in [-0.25, -0.2) is 4.79 Å². The van der Waals surface area contributed by atoms with Crippen LogP contribution in [0, 0.1) is 0 Å². The van der Waals surface area contributed by atoms with Crippen molar-refractivity contribution in [1.82, 2.24) is 0 Å². The van der Waals surface area contributed by atoms with Gasteiger partial charge in [-0.15, -0.1) is 0 Å². The van der Waals surface area contributed by atoms with Crippen LogP contribution in [0.25, 0.3) is 0 Å². The number of rotatable bonds is 5. The van der Waals surface area contributed by atoms with Gasteiger partial charge in [0.15, 0.2) is 0 Å². The summed E-state index contributed by atoms with van der Waals surface area (Å²) in [4.78, 5) is 22.7. The van der Waals surface area contributed by atoms with Crippen molar-refractivity contribution >= 4 is 11.9 Å². The van der Waals surface area contributed by atoms with E-state index in [2.05, 4.69) is 4.74 Å². The van der Waals surface area contributed by atoms with E-state index in [0.717, 1.165) is 16.7 Å². The molecular formula is C17H16O4. The third-order valence-electron chi connectivity index (χ3n) is 3.31. The Morgan fingerprint density at radius 3 is 2.14 bits per heavy atom. The fourth-order valence-corrected chi connectivity index (χ4v) is 2.22. The summed E-state index contributed by atoms with van der Waals surface area (Å²) in [6.07, 6.45) is 0.650. The molecule has 0 unspecified atom stereocenters. The molecule has 0 heterocycles. The second-order valence-corrected chi connectivity index (χ2v) is 4.66. The van der Waals surface area contributed by atoms with Gasteiger partial charge in [0.2, 0.25) is 0 Å². The highest BCUT2D eigenvalue weighted by atomic mass is 16.5. The smallest absolute Gasteiger partial charge is 0.335 e. The summed E-state index contributed by atoms with van der Waals surface area (Å²) in [5.41, 5.74) is 2.79. The second kappa shape index (κ2) is 6.70. The first-order valence-electron chi connectivity index (χ1n) is 6.56. The maximum Gasteiger partial charge on any atom is 0.335 e. The number of carboxylic acid groups (broad SMARTS) is 1. The minimum absolute atomic E-state index is 0.182. The highest BCUT2D eigenvalue weighted by Crippen LogP contribution is 2.18. The highest BCUT2D eigenvalue weighted by Gasteiger charge is 2.12. The number of carboxylic acids is 1. The zero-order valence-corrected chi connectivity index (χ0v) is 11.7. The Kier molecular flexibility index (Phi) is 4.72. The van der Waals surface area contributed by atoms with Gasteiger partial charge < -0.3 is 9.84 Å². The Balaban J connectivity index is 2.32. The van der Waals surface area contributed by atoms with Crippen molar-refractivity contribution in [3.63, 3.8) is 0 Å². The average molecular weight is 284 g/mol. The standard InChI is InChI=1S/C17H16O4/c1-21-16(18)11-13-7-3-2-6-12(13)10-14-8-4-5-9-15(14)17(19)20/h2-9H,10-11H2,1H3,(H,19,20). The molecule has 0 radical (unpaired) electrons. The first-order chi connectivity index (χ1) is 10.1. The molecule has 0 aliphatic rings. The van der Waals surface area contributed by atoms with Crippen molar-refractivity contribution in [3.8, 4) is 0 Å². The van der Waals surface area contributed by atoms with E-state index in [1.54, 1.807) is 18.2 Å². The van der Waals surface area contributed by atoms with Crippen molar-refractivity contribution in [3.05, 3.63) is 70.8 Å². The SMILES string of the molecule is COC(=O)Cc1ccccc1Cc1ccccc1C(=O)O. The monoisotopic (exact) mass is 284 g/mol. The minimum Gasteiger partial charge on any atom is -0.478 e. The Morgan fingerprint density at radius 2 is 1.52 bits per heavy atom. The predicted octanol–water partition coefficient (Wildman–Crippen LogP) is 2.69. The molecule has 0 spiro atoms. The van der Waals surface area contributed by atoms with Gasteiger partial charge >= 0.3 is 11.9 Å². The van der Waals surface area contributed by atoms with Crippen LogP contribution < -0.4 is 0 Å². The molecule has 4 heteroatoms. The topological polar surface area (TPSA) is 63.6 Å². The van der Waals surface area contributed by atoms with Crippen LogP contribution in [0.2, 0.25) is 0 Å². The average Bonchev–Trinajstić information content (AvgIpc) is 2.49. The number of esters is 1. The summed E-state index contributed by atoms with van der Waals surface area (Å²) >= 11 is 0. The zero-order valence-electron chi connectivity index (χ0n) is 11.7. The van der Waals surface area contributed by atoms with Crippen LogP contribution in [-0.2, 0) is 22.4 Å². The lowest BCUT2D eigenvalue weighted by atomic mass is 9.95. The van der Waals surface area contributed by atoms with Crippen molar-refractivity contribution in [2.24, 2.45) is 0 Å². The number of carbonyl (C=O) groups is 2. The Labute approximate surface area is 123 Å². The Morgan fingerprint density at radius 1 is 0.952 bits per heavy atom. The van der Waals surface area contributed by atoms with E-state index in [1.165, 1.54) is 7.11 Å². The molecule has 0 fully saturated rings. The lowest BCUT2D eigenvalue weighted by Gasteiger charge is -2.10. The number of carbonyl (C=O) groups excluding carboxylic acids is 1. The summed E-state index contributed by atoms with van der Waals surface area (Å²) in [5, 5.41) is 9.22. The first kappa shape index (κ1) is 14.8. The van der Waals surface area contributed by atoms with Crippen molar-refractivity contribution in [1.29, 1.82) is 0 Å². The van der Waals surface area contributed by atoms with Crippen LogP contribution in [0.3, 0.4) is 0 Å². The lowest BCUT2D eigenvalue weighted by Crippen LogP contribution is -2.08. The van der Waals surface area contributed by atoms with E-state index < -0.39 is 5.97 Å². The molecule has 4 nitrogen and oxygen atoms in total. The number of hydrogen-bond donors (Lipinski definition) is 1. The van der Waals surface area contributed by atoms with Gasteiger partial charge in [-0.1, -0.05) is 42.5 Å². The van der Waals surface area contributed by atoms with Crippen molar-refractivity contribution in [2.75, 3.05) is 7.11 Å². The van der Waals surface area contributed by atoms with Gasteiger partial charge in [0.1, 0.15) is 0 Å². The molecular weight excluding hydrogens is 268 g/mol. The summed E-state index contributed by atoms with van der Waals surface area (Å²) in [7, 11) is 1.35. The van der Waals surface area contributed by atoms with Crippen molar-refractivity contribution in [2.45, 2.75) is 12.8 Å². The Bertz CT molecular complexity index is 661. The number of methoxy groups -OCH3 is 1. The molecule has 2 aromatic carbocycles. The van der Waals surface area contributed by atoms with E-state index in [1.807, 2.05) is 30.3 Å². The second-order valence-electron chi connectivity index (χ2n) is 4.66. The number of ether oxygens (including phenoxy) is 1.